The lowest BCUT2D eigenvalue weighted by atomic mass is 9.99. The Kier molecular flexibility index (Phi) is 4.10. The maximum Gasteiger partial charge on any atom is 0.227 e. The van der Waals surface area contributed by atoms with E-state index in [1.807, 2.05) is 35.4 Å². The van der Waals surface area contributed by atoms with Gasteiger partial charge in [-0.05, 0) is 42.2 Å². The standard InChI is InChI=1S/C21H21N3O/c1-15-5-2-3-6-17(15)13-20(25)24-11-8-16(9-12-24)19-14-23-21-18(19)7-4-10-22-21/h2-8,10,14H,9,11-13H2,1H3,(H,22,23). The molecular formula is C21H21N3O. The SMILES string of the molecule is Cc1ccccc1CC(=O)N1CC=C(c2c[nH]c3ncccc23)CC1. The first-order valence-electron chi connectivity index (χ1n) is 8.66. The van der Waals surface area contributed by atoms with Crippen LogP contribution in [0.25, 0.3) is 16.6 Å². The Morgan fingerprint density at radius 2 is 2.12 bits per heavy atom. The molecule has 0 spiro atoms. The second kappa shape index (κ2) is 6.55. The Bertz CT molecular complexity index is 954. The van der Waals surface area contributed by atoms with Crippen molar-refractivity contribution in [3.63, 3.8) is 0 Å². The summed E-state index contributed by atoms with van der Waals surface area (Å²) in [7, 11) is 0. The van der Waals surface area contributed by atoms with Crippen LogP contribution in [0.15, 0.2) is 54.9 Å². The highest BCUT2D eigenvalue weighted by molar-refractivity contribution is 5.91. The number of amides is 1. The van der Waals surface area contributed by atoms with Crippen LogP contribution in [0.4, 0.5) is 0 Å². The van der Waals surface area contributed by atoms with Crippen LogP contribution in [-0.4, -0.2) is 33.9 Å². The van der Waals surface area contributed by atoms with Gasteiger partial charge in [-0.25, -0.2) is 4.98 Å². The molecule has 0 unspecified atom stereocenters. The molecule has 0 aliphatic carbocycles. The molecule has 0 saturated carbocycles. The zero-order valence-corrected chi connectivity index (χ0v) is 14.3. The third-order valence-corrected chi connectivity index (χ3v) is 4.96. The molecule has 1 N–H and O–H groups in total. The number of pyridine rings is 1. The van der Waals surface area contributed by atoms with Crippen LogP contribution in [0.3, 0.4) is 0 Å². The van der Waals surface area contributed by atoms with Crippen LogP contribution in [0, 0.1) is 6.92 Å². The van der Waals surface area contributed by atoms with E-state index in [2.05, 4.69) is 35.1 Å². The summed E-state index contributed by atoms with van der Waals surface area (Å²) < 4.78 is 0. The van der Waals surface area contributed by atoms with Crippen molar-refractivity contribution in [2.75, 3.05) is 13.1 Å². The van der Waals surface area contributed by atoms with Gasteiger partial charge in [-0.1, -0.05) is 30.3 Å². The van der Waals surface area contributed by atoms with Crippen LogP contribution in [0.1, 0.15) is 23.1 Å². The third-order valence-electron chi connectivity index (χ3n) is 4.96. The van der Waals surface area contributed by atoms with E-state index in [4.69, 9.17) is 0 Å². The van der Waals surface area contributed by atoms with Crippen molar-refractivity contribution >= 4 is 22.5 Å². The second-order valence-electron chi connectivity index (χ2n) is 6.52. The number of nitrogens with one attached hydrogen (secondary N) is 1. The van der Waals surface area contributed by atoms with Gasteiger partial charge in [0.1, 0.15) is 5.65 Å². The van der Waals surface area contributed by atoms with Gasteiger partial charge in [0.25, 0.3) is 0 Å². The van der Waals surface area contributed by atoms with Gasteiger partial charge < -0.3 is 9.88 Å². The number of carbonyl (C=O) groups is 1. The summed E-state index contributed by atoms with van der Waals surface area (Å²) in [4.78, 5) is 22.1. The number of nitrogens with zero attached hydrogens (tertiary/aromatic N) is 2. The highest BCUT2D eigenvalue weighted by Gasteiger charge is 2.20. The number of aryl methyl sites for hydroxylation is 1. The molecule has 4 nitrogen and oxygen atoms in total. The van der Waals surface area contributed by atoms with E-state index < -0.39 is 0 Å². The molecule has 1 aliphatic heterocycles. The van der Waals surface area contributed by atoms with E-state index in [1.54, 1.807) is 6.20 Å². The fourth-order valence-corrected chi connectivity index (χ4v) is 3.45. The van der Waals surface area contributed by atoms with Crippen LogP contribution in [0.2, 0.25) is 0 Å². The highest BCUT2D eigenvalue weighted by atomic mass is 16.2. The van der Waals surface area contributed by atoms with Crippen molar-refractivity contribution < 1.29 is 4.79 Å². The maximum absolute atomic E-state index is 12.6. The third kappa shape index (κ3) is 3.07. The minimum atomic E-state index is 0.199. The quantitative estimate of drug-likeness (QED) is 0.795. The summed E-state index contributed by atoms with van der Waals surface area (Å²) in [5.41, 5.74) is 5.70. The zero-order chi connectivity index (χ0) is 17.2. The van der Waals surface area contributed by atoms with Gasteiger partial charge in [-0.2, -0.15) is 0 Å². The second-order valence-corrected chi connectivity index (χ2v) is 6.52. The van der Waals surface area contributed by atoms with Crippen molar-refractivity contribution in [2.24, 2.45) is 0 Å². The number of H-pyrrole nitrogens is 1. The monoisotopic (exact) mass is 331 g/mol. The van der Waals surface area contributed by atoms with Crippen LogP contribution in [-0.2, 0) is 11.2 Å². The summed E-state index contributed by atoms with van der Waals surface area (Å²) in [6, 6.07) is 12.1. The summed E-state index contributed by atoms with van der Waals surface area (Å²) in [6.45, 7) is 3.50. The normalized spacial score (nSPS) is 14.6. The average molecular weight is 331 g/mol. The molecule has 1 aromatic carbocycles. The van der Waals surface area contributed by atoms with Gasteiger partial charge in [-0.15, -0.1) is 0 Å². The topological polar surface area (TPSA) is 49.0 Å². The molecule has 25 heavy (non-hydrogen) atoms. The average Bonchev–Trinajstić information content (AvgIpc) is 3.08. The molecular weight excluding hydrogens is 310 g/mol. The van der Waals surface area contributed by atoms with Crippen molar-refractivity contribution in [3.05, 3.63) is 71.6 Å². The highest BCUT2D eigenvalue weighted by Crippen LogP contribution is 2.28. The van der Waals surface area contributed by atoms with Crippen LogP contribution >= 0.6 is 0 Å². The van der Waals surface area contributed by atoms with Gasteiger partial charge in [0, 0.05) is 36.4 Å². The summed E-state index contributed by atoms with van der Waals surface area (Å²) in [6.07, 6.45) is 7.35. The minimum Gasteiger partial charge on any atom is -0.346 e. The fourth-order valence-electron chi connectivity index (χ4n) is 3.45. The molecule has 1 aliphatic rings. The largest absolute Gasteiger partial charge is 0.346 e. The molecule has 3 heterocycles. The molecule has 126 valence electrons. The van der Waals surface area contributed by atoms with Gasteiger partial charge in [-0.3, -0.25) is 4.79 Å². The van der Waals surface area contributed by atoms with E-state index in [0.29, 0.717) is 13.0 Å². The molecule has 1 amide bonds. The van der Waals surface area contributed by atoms with Crippen LogP contribution in [0.5, 0.6) is 0 Å². The van der Waals surface area contributed by atoms with Gasteiger partial charge in [0.2, 0.25) is 5.91 Å². The van der Waals surface area contributed by atoms with Crippen LogP contribution < -0.4 is 0 Å². The number of hydrogen-bond donors (Lipinski definition) is 1. The van der Waals surface area contributed by atoms with Crippen molar-refractivity contribution in [2.45, 2.75) is 19.8 Å². The Labute approximate surface area is 147 Å². The number of rotatable bonds is 3. The first kappa shape index (κ1) is 15.6. The van der Waals surface area contributed by atoms with Gasteiger partial charge >= 0.3 is 0 Å². The Morgan fingerprint density at radius 1 is 1.24 bits per heavy atom. The smallest absolute Gasteiger partial charge is 0.227 e. The summed E-state index contributed by atoms with van der Waals surface area (Å²) >= 11 is 0. The molecule has 3 aromatic rings. The molecule has 0 fully saturated rings. The molecule has 2 aromatic heterocycles. The first-order valence-corrected chi connectivity index (χ1v) is 8.66. The number of carbonyl (C=O) groups excluding carboxylic acids is 1. The fraction of sp³-hybridized carbons (Fsp3) is 0.238. The molecule has 0 bridgehead atoms. The minimum absolute atomic E-state index is 0.199. The summed E-state index contributed by atoms with van der Waals surface area (Å²) in [5.74, 6) is 0.199. The number of benzene rings is 1. The van der Waals surface area contributed by atoms with Crippen molar-refractivity contribution in [1.82, 2.24) is 14.9 Å². The predicted molar refractivity (Wildman–Crippen MR) is 100 cm³/mol. The van der Waals surface area contributed by atoms with Crippen molar-refractivity contribution in [1.29, 1.82) is 0 Å². The van der Waals surface area contributed by atoms with E-state index >= 15 is 0 Å². The lowest BCUT2D eigenvalue weighted by Crippen LogP contribution is -2.35. The Balaban J connectivity index is 1.48. The molecule has 0 saturated heterocycles. The number of fused-ring (bicyclic) bond motifs is 1. The predicted octanol–water partition coefficient (Wildman–Crippen LogP) is 3.73. The lowest BCUT2D eigenvalue weighted by molar-refractivity contribution is -0.130. The summed E-state index contributed by atoms with van der Waals surface area (Å²) in [5, 5.41) is 1.15. The van der Waals surface area contributed by atoms with E-state index in [-0.39, 0.29) is 5.91 Å². The number of aromatic amines is 1. The number of aromatic nitrogens is 2. The first-order chi connectivity index (χ1) is 12.2. The Morgan fingerprint density at radius 3 is 2.92 bits per heavy atom. The zero-order valence-electron chi connectivity index (χ0n) is 14.3. The van der Waals surface area contributed by atoms with E-state index in [9.17, 15) is 4.79 Å². The number of hydrogen-bond acceptors (Lipinski definition) is 2. The van der Waals surface area contributed by atoms with Gasteiger partial charge in [0.15, 0.2) is 0 Å². The van der Waals surface area contributed by atoms with E-state index in [0.717, 1.165) is 29.6 Å². The maximum atomic E-state index is 12.6. The Hall–Kier alpha value is -2.88. The molecule has 0 atom stereocenters. The van der Waals surface area contributed by atoms with E-state index in [1.165, 1.54) is 16.7 Å². The molecule has 4 rings (SSSR count). The van der Waals surface area contributed by atoms with Crippen molar-refractivity contribution in [3.8, 4) is 0 Å². The molecule has 0 radical (unpaired) electrons. The molecule has 4 heteroatoms. The van der Waals surface area contributed by atoms with Gasteiger partial charge in [0.05, 0.1) is 6.42 Å². The lowest BCUT2D eigenvalue weighted by Gasteiger charge is -2.27.